The molecular weight excluding hydrogens is 214 g/mol. The van der Waals surface area contributed by atoms with Crippen LogP contribution in [0, 0.1) is 5.92 Å². The van der Waals surface area contributed by atoms with Crippen LogP contribution >= 0.6 is 0 Å². The molecule has 2 N–H and O–H groups in total. The molecule has 17 heavy (non-hydrogen) atoms. The fourth-order valence-corrected chi connectivity index (χ4v) is 3.47. The summed E-state index contributed by atoms with van der Waals surface area (Å²) in [5.74, 6) is -0.947. The largest absolute Gasteiger partial charge is 0.481 e. The smallest absolute Gasteiger partial charge is 0.314 e. The molecule has 0 fully saturated rings. The fourth-order valence-electron chi connectivity index (χ4n) is 3.47. The third kappa shape index (κ3) is 1.78. The highest BCUT2D eigenvalue weighted by atomic mass is 16.4. The van der Waals surface area contributed by atoms with Crippen LogP contribution in [0.3, 0.4) is 0 Å². The molecule has 0 aromatic carbocycles. The number of hydrogen-bond donors (Lipinski definition) is 2. The fraction of sp³-hybridized carbons (Fsp3) is 0.643. The van der Waals surface area contributed by atoms with Gasteiger partial charge in [-0.2, -0.15) is 0 Å². The van der Waals surface area contributed by atoms with E-state index in [1.165, 1.54) is 35.4 Å². The molecule has 3 nitrogen and oxygen atoms in total. The monoisotopic (exact) mass is 233 g/mol. The van der Waals surface area contributed by atoms with Gasteiger partial charge in [-0.15, -0.1) is 0 Å². The van der Waals surface area contributed by atoms with Gasteiger partial charge in [-0.05, 0) is 62.5 Å². The molecule has 3 aliphatic rings. The summed E-state index contributed by atoms with van der Waals surface area (Å²) in [6, 6.07) is 0. The van der Waals surface area contributed by atoms with E-state index >= 15 is 0 Å². The third-order valence-corrected chi connectivity index (χ3v) is 4.27. The Hall–Kier alpha value is -1.25. The molecule has 1 heterocycles. The van der Waals surface area contributed by atoms with Crippen LogP contribution in [-0.2, 0) is 4.79 Å². The van der Waals surface area contributed by atoms with E-state index in [1.807, 2.05) is 0 Å². The van der Waals surface area contributed by atoms with E-state index in [0.29, 0.717) is 0 Å². The number of nitrogens with one attached hydrogen (secondary N) is 1. The minimum atomic E-state index is -0.643. The Bertz CT molecular complexity index is 388. The molecule has 3 rings (SSSR count). The molecule has 0 aromatic heterocycles. The molecule has 0 saturated heterocycles. The van der Waals surface area contributed by atoms with E-state index in [2.05, 4.69) is 5.32 Å². The average Bonchev–Trinajstić information content (AvgIpc) is 2.35. The summed E-state index contributed by atoms with van der Waals surface area (Å²) in [6.45, 7) is 0. The quantitative estimate of drug-likeness (QED) is 0.732. The summed E-state index contributed by atoms with van der Waals surface area (Å²) < 4.78 is 0. The summed E-state index contributed by atoms with van der Waals surface area (Å²) in [5.41, 5.74) is 4.79. The van der Waals surface area contributed by atoms with Gasteiger partial charge in [-0.1, -0.05) is 0 Å². The lowest BCUT2D eigenvalue weighted by Crippen LogP contribution is -2.34. The van der Waals surface area contributed by atoms with E-state index in [0.717, 1.165) is 38.5 Å². The van der Waals surface area contributed by atoms with Crippen molar-refractivity contribution in [2.24, 2.45) is 5.92 Å². The lowest BCUT2D eigenvalue weighted by atomic mass is 9.75. The standard InChI is InChI=1S/C14H19NO2/c16-14(17)13-9-5-1-3-7-11(9)15-12-8-4-2-6-10(12)13/h13,15H,1-8H2,(H,16,17). The van der Waals surface area contributed by atoms with Gasteiger partial charge in [0.1, 0.15) is 5.92 Å². The van der Waals surface area contributed by atoms with Crippen molar-refractivity contribution < 1.29 is 9.90 Å². The number of carboxylic acid groups (broad SMARTS) is 1. The lowest BCUT2D eigenvalue weighted by molar-refractivity contribution is -0.139. The highest BCUT2D eigenvalue weighted by molar-refractivity contribution is 5.79. The van der Waals surface area contributed by atoms with Crippen molar-refractivity contribution in [3.05, 3.63) is 22.5 Å². The lowest BCUT2D eigenvalue weighted by Gasteiger charge is -2.36. The molecule has 1 aliphatic heterocycles. The van der Waals surface area contributed by atoms with Gasteiger partial charge in [0.25, 0.3) is 0 Å². The van der Waals surface area contributed by atoms with Crippen molar-refractivity contribution in [2.45, 2.75) is 51.4 Å². The second kappa shape index (κ2) is 4.21. The van der Waals surface area contributed by atoms with Crippen molar-refractivity contribution in [1.29, 1.82) is 0 Å². The number of allylic oxidation sites excluding steroid dienone is 2. The van der Waals surface area contributed by atoms with Gasteiger partial charge >= 0.3 is 5.97 Å². The minimum absolute atomic E-state index is 0.304. The molecule has 0 amide bonds. The maximum atomic E-state index is 11.6. The SMILES string of the molecule is O=C(O)C1C2=C(CCCC2)NC2=C1CCCC2. The van der Waals surface area contributed by atoms with Gasteiger partial charge < -0.3 is 10.4 Å². The van der Waals surface area contributed by atoms with E-state index in [-0.39, 0.29) is 5.92 Å². The molecule has 0 saturated carbocycles. The van der Waals surface area contributed by atoms with Gasteiger partial charge in [0.05, 0.1) is 0 Å². The highest BCUT2D eigenvalue weighted by Crippen LogP contribution is 2.42. The average molecular weight is 233 g/mol. The van der Waals surface area contributed by atoms with Crippen LogP contribution in [0.25, 0.3) is 0 Å². The maximum absolute atomic E-state index is 11.6. The Morgan fingerprint density at radius 1 is 0.941 bits per heavy atom. The molecule has 0 unspecified atom stereocenters. The third-order valence-electron chi connectivity index (χ3n) is 4.27. The van der Waals surface area contributed by atoms with E-state index in [1.54, 1.807) is 0 Å². The zero-order valence-electron chi connectivity index (χ0n) is 10.1. The van der Waals surface area contributed by atoms with E-state index in [4.69, 9.17) is 0 Å². The van der Waals surface area contributed by atoms with Gasteiger partial charge in [0.2, 0.25) is 0 Å². The second-order valence-electron chi connectivity index (χ2n) is 5.32. The Balaban J connectivity index is 2.01. The Morgan fingerprint density at radius 2 is 1.41 bits per heavy atom. The maximum Gasteiger partial charge on any atom is 0.314 e. The Labute approximate surface area is 102 Å². The predicted molar refractivity (Wildman–Crippen MR) is 65.2 cm³/mol. The van der Waals surface area contributed by atoms with Crippen LogP contribution in [0.1, 0.15) is 51.4 Å². The highest BCUT2D eigenvalue weighted by Gasteiger charge is 2.36. The first-order chi connectivity index (χ1) is 8.27. The molecule has 92 valence electrons. The first-order valence-corrected chi connectivity index (χ1v) is 6.71. The summed E-state index contributed by atoms with van der Waals surface area (Å²) in [4.78, 5) is 11.6. The van der Waals surface area contributed by atoms with Crippen LogP contribution in [0.4, 0.5) is 0 Å². The van der Waals surface area contributed by atoms with Crippen LogP contribution in [0.15, 0.2) is 22.5 Å². The first kappa shape index (κ1) is 10.9. The second-order valence-corrected chi connectivity index (χ2v) is 5.32. The van der Waals surface area contributed by atoms with Crippen molar-refractivity contribution >= 4 is 5.97 Å². The molecule has 0 bridgehead atoms. The first-order valence-electron chi connectivity index (χ1n) is 6.71. The Morgan fingerprint density at radius 3 is 1.88 bits per heavy atom. The van der Waals surface area contributed by atoms with Gasteiger partial charge in [0.15, 0.2) is 0 Å². The van der Waals surface area contributed by atoms with E-state index in [9.17, 15) is 9.90 Å². The normalized spacial score (nSPS) is 25.2. The summed E-state index contributed by atoms with van der Waals surface area (Å²) in [5, 5.41) is 13.1. The summed E-state index contributed by atoms with van der Waals surface area (Å²) in [6.07, 6.45) is 8.69. The van der Waals surface area contributed by atoms with Gasteiger partial charge in [0, 0.05) is 11.4 Å². The molecular formula is C14H19NO2. The molecule has 0 spiro atoms. The zero-order valence-corrected chi connectivity index (χ0v) is 10.1. The number of rotatable bonds is 1. The Kier molecular flexibility index (Phi) is 2.69. The number of carbonyl (C=O) groups is 1. The summed E-state index contributed by atoms with van der Waals surface area (Å²) >= 11 is 0. The van der Waals surface area contributed by atoms with E-state index < -0.39 is 5.97 Å². The number of dihydropyridines is 1. The predicted octanol–water partition coefficient (Wildman–Crippen LogP) is 2.95. The minimum Gasteiger partial charge on any atom is -0.481 e. The molecule has 0 aromatic rings. The molecule has 2 aliphatic carbocycles. The molecule has 0 atom stereocenters. The van der Waals surface area contributed by atoms with Crippen LogP contribution in [-0.4, -0.2) is 11.1 Å². The molecule has 3 heteroatoms. The number of carboxylic acids is 1. The summed E-state index contributed by atoms with van der Waals surface area (Å²) in [7, 11) is 0. The van der Waals surface area contributed by atoms with Crippen LogP contribution in [0.5, 0.6) is 0 Å². The van der Waals surface area contributed by atoms with Gasteiger partial charge in [-0.25, -0.2) is 0 Å². The van der Waals surface area contributed by atoms with Crippen molar-refractivity contribution in [3.63, 3.8) is 0 Å². The molecule has 0 radical (unpaired) electrons. The van der Waals surface area contributed by atoms with Crippen LogP contribution < -0.4 is 5.32 Å². The van der Waals surface area contributed by atoms with Crippen LogP contribution in [0.2, 0.25) is 0 Å². The number of aliphatic carboxylic acids is 1. The zero-order chi connectivity index (χ0) is 11.8. The topological polar surface area (TPSA) is 49.3 Å². The van der Waals surface area contributed by atoms with Gasteiger partial charge in [-0.3, -0.25) is 4.79 Å². The van der Waals surface area contributed by atoms with Crippen molar-refractivity contribution in [2.75, 3.05) is 0 Å². The van der Waals surface area contributed by atoms with Crippen molar-refractivity contribution in [3.8, 4) is 0 Å². The van der Waals surface area contributed by atoms with Crippen molar-refractivity contribution in [1.82, 2.24) is 5.32 Å². The number of hydrogen-bond acceptors (Lipinski definition) is 2.